The highest BCUT2D eigenvalue weighted by atomic mass is 35.5. The van der Waals surface area contributed by atoms with Crippen molar-refractivity contribution in [3.05, 3.63) is 63.7 Å². The van der Waals surface area contributed by atoms with E-state index in [2.05, 4.69) is 15.3 Å². The van der Waals surface area contributed by atoms with Crippen LogP contribution in [-0.2, 0) is 10.5 Å². The molecule has 0 unspecified atom stereocenters. The summed E-state index contributed by atoms with van der Waals surface area (Å²) in [4.78, 5) is 20.5. The summed E-state index contributed by atoms with van der Waals surface area (Å²) in [7, 11) is 0. The maximum absolute atomic E-state index is 12.1. The van der Waals surface area contributed by atoms with Crippen LogP contribution in [-0.4, -0.2) is 21.6 Å². The molecule has 1 amide bonds. The predicted octanol–water partition coefficient (Wildman–Crippen LogP) is 5.38. The molecule has 0 bridgehead atoms. The Morgan fingerprint density at radius 2 is 2.16 bits per heavy atom. The second kappa shape index (κ2) is 8.67. The molecule has 0 saturated carbocycles. The average molecular weight is 410 g/mol. The molecular weight excluding hydrogens is 397 g/mol. The Labute approximate surface area is 163 Å². The van der Waals surface area contributed by atoms with Crippen LogP contribution in [0.1, 0.15) is 5.56 Å². The van der Waals surface area contributed by atoms with Gasteiger partial charge in [0.1, 0.15) is 0 Å². The maximum Gasteiger partial charge on any atom is 0.236 e. The number of amides is 1. The average Bonchev–Trinajstić information content (AvgIpc) is 3.06. The van der Waals surface area contributed by atoms with Crippen molar-refractivity contribution < 1.29 is 4.79 Å². The first-order chi connectivity index (χ1) is 12.1. The number of hydrogen-bond donors (Lipinski definition) is 1. The van der Waals surface area contributed by atoms with Gasteiger partial charge in [-0.15, -0.1) is 23.1 Å². The summed E-state index contributed by atoms with van der Waals surface area (Å²) < 4.78 is 0. The first-order valence-corrected chi connectivity index (χ1v) is 10.1. The molecular formula is C17H13Cl2N3OS2. The number of carbonyl (C=O) groups is 1. The van der Waals surface area contributed by atoms with Crippen LogP contribution in [0.5, 0.6) is 0 Å². The number of anilines is 1. The normalized spacial score (nSPS) is 10.6. The van der Waals surface area contributed by atoms with Gasteiger partial charge in [0.2, 0.25) is 5.91 Å². The fourth-order valence-corrected chi connectivity index (χ4v) is 4.15. The number of halogens is 2. The molecule has 2 aromatic heterocycles. The van der Waals surface area contributed by atoms with Crippen molar-refractivity contribution in [2.75, 3.05) is 11.1 Å². The first-order valence-electron chi connectivity index (χ1n) is 7.29. The van der Waals surface area contributed by atoms with Gasteiger partial charge in [-0.2, -0.15) is 0 Å². The van der Waals surface area contributed by atoms with Crippen LogP contribution in [0, 0.1) is 0 Å². The van der Waals surface area contributed by atoms with Crippen LogP contribution >= 0.6 is 46.3 Å². The van der Waals surface area contributed by atoms with Gasteiger partial charge in [0.05, 0.1) is 11.4 Å². The molecule has 1 N–H and O–H groups in total. The van der Waals surface area contributed by atoms with E-state index in [0.717, 1.165) is 16.8 Å². The molecule has 1 aromatic carbocycles. The summed E-state index contributed by atoms with van der Waals surface area (Å²) in [6.45, 7) is 0. The minimum Gasteiger partial charge on any atom is -0.301 e. The molecule has 8 heteroatoms. The standard InChI is InChI=1S/C17H13Cl2N3OS2/c18-13-4-3-12(14(19)6-13)8-24-10-16(23)22-17-21-15(9-25-17)11-2-1-5-20-7-11/h1-7,9H,8,10H2,(H,21,22,23). The van der Waals surface area contributed by atoms with Gasteiger partial charge in [0, 0.05) is 39.1 Å². The van der Waals surface area contributed by atoms with Gasteiger partial charge < -0.3 is 5.32 Å². The minimum absolute atomic E-state index is 0.0952. The first kappa shape index (κ1) is 18.2. The lowest BCUT2D eigenvalue weighted by molar-refractivity contribution is -0.113. The lowest BCUT2D eigenvalue weighted by Crippen LogP contribution is -2.14. The number of pyridine rings is 1. The summed E-state index contributed by atoms with van der Waals surface area (Å²) in [6, 6.07) is 9.15. The van der Waals surface area contributed by atoms with E-state index in [1.165, 1.54) is 23.1 Å². The number of thioether (sulfide) groups is 1. The zero-order chi connectivity index (χ0) is 17.6. The molecule has 0 fully saturated rings. The molecule has 4 nitrogen and oxygen atoms in total. The van der Waals surface area contributed by atoms with Crippen LogP contribution in [0.2, 0.25) is 10.0 Å². The van der Waals surface area contributed by atoms with E-state index in [1.54, 1.807) is 24.5 Å². The van der Waals surface area contributed by atoms with Gasteiger partial charge in [0.15, 0.2) is 5.13 Å². The molecule has 128 valence electrons. The van der Waals surface area contributed by atoms with E-state index >= 15 is 0 Å². The van der Waals surface area contributed by atoms with Crippen molar-refractivity contribution in [1.82, 2.24) is 9.97 Å². The molecule has 3 aromatic rings. The third kappa shape index (κ3) is 5.19. The van der Waals surface area contributed by atoms with Crippen molar-refractivity contribution in [3.63, 3.8) is 0 Å². The molecule has 0 radical (unpaired) electrons. The molecule has 3 rings (SSSR count). The lowest BCUT2D eigenvalue weighted by atomic mass is 10.2. The summed E-state index contributed by atoms with van der Waals surface area (Å²) in [6.07, 6.45) is 3.45. The van der Waals surface area contributed by atoms with E-state index in [1.807, 2.05) is 23.6 Å². The third-order valence-electron chi connectivity index (χ3n) is 3.21. The minimum atomic E-state index is -0.0952. The van der Waals surface area contributed by atoms with Gasteiger partial charge >= 0.3 is 0 Å². The van der Waals surface area contributed by atoms with E-state index in [-0.39, 0.29) is 5.91 Å². The second-order valence-corrected chi connectivity index (χ2v) is 7.74. The van der Waals surface area contributed by atoms with Gasteiger partial charge in [-0.05, 0) is 29.8 Å². The molecule has 0 aliphatic rings. The quantitative estimate of drug-likeness (QED) is 0.593. The second-order valence-electron chi connectivity index (χ2n) is 5.06. The maximum atomic E-state index is 12.1. The number of nitrogens with one attached hydrogen (secondary N) is 1. The topological polar surface area (TPSA) is 54.9 Å². The molecule has 25 heavy (non-hydrogen) atoms. The highest BCUT2D eigenvalue weighted by molar-refractivity contribution is 7.99. The zero-order valence-electron chi connectivity index (χ0n) is 12.9. The Kier molecular flexibility index (Phi) is 6.31. The van der Waals surface area contributed by atoms with Crippen molar-refractivity contribution in [3.8, 4) is 11.3 Å². The number of aromatic nitrogens is 2. The fourth-order valence-electron chi connectivity index (χ4n) is 2.03. The third-order valence-corrected chi connectivity index (χ3v) is 5.54. The molecule has 0 spiro atoms. The lowest BCUT2D eigenvalue weighted by Gasteiger charge is -2.05. The number of benzene rings is 1. The molecule has 0 saturated heterocycles. The Hall–Kier alpha value is -1.60. The van der Waals surface area contributed by atoms with Gasteiger partial charge in [-0.3, -0.25) is 9.78 Å². The zero-order valence-corrected chi connectivity index (χ0v) is 16.1. The van der Waals surface area contributed by atoms with Crippen molar-refractivity contribution in [2.24, 2.45) is 0 Å². The largest absolute Gasteiger partial charge is 0.301 e. The monoisotopic (exact) mass is 409 g/mol. The van der Waals surface area contributed by atoms with Gasteiger partial charge in [-0.25, -0.2) is 4.98 Å². The number of carbonyl (C=O) groups excluding carboxylic acids is 1. The smallest absolute Gasteiger partial charge is 0.236 e. The highest BCUT2D eigenvalue weighted by Gasteiger charge is 2.09. The van der Waals surface area contributed by atoms with Gasteiger partial charge in [-0.1, -0.05) is 29.3 Å². The molecule has 0 aliphatic heterocycles. The van der Waals surface area contributed by atoms with Crippen LogP contribution in [0.15, 0.2) is 48.1 Å². The SMILES string of the molecule is O=C(CSCc1ccc(Cl)cc1Cl)Nc1nc(-c2cccnc2)cs1. The van der Waals surface area contributed by atoms with Crippen LogP contribution in [0.3, 0.4) is 0 Å². The predicted molar refractivity (Wildman–Crippen MR) is 107 cm³/mol. The molecule has 2 heterocycles. The van der Waals surface area contributed by atoms with Crippen molar-refractivity contribution in [1.29, 1.82) is 0 Å². The number of rotatable bonds is 6. The van der Waals surface area contributed by atoms with E-state index in [0.29, 0.717) is 26.7 Å². The summed E-state index contributed by atoms with van der Waals surface area (Å²) in [5.41, 5.74) is 2.68. The Morgan fingerprint density at radius 3 is 2.92 bits per heavy atom. The Morgan fingerprint density at radius 1 is 1.28 bits per heavy atom. The Bertz CT molecular complexity index is 871. The Balaban J connectivity index is 1.50. The van der Waals surface area contributed by atoms with Crippen LogP contribution < -0.4 is 5.32 Å². The number of thiazole rings is 1. The molecule has 0 atom stereocenters. The van der Waals surface area contributed by atoms with Crippen LogP contribution in [0.25, 0.3) is 11.3 Å². The fraction of sp³-hybridized carbons (Fsp3) is 0.118. The van der Waals surface area contributed by atoms with Crippen molar-refractivity contribution >= 4 is 57.3 Å². The van der Waals surface area contributed by atoms with E-state index in [9.17, 15) is 4.79 Å². The van der Waals surface area contributed by atoms with E-state index in [4.69, 9.17) is 23.2 Å². The molecule has 0 aliphatic carbocycles. The van der Waals surface area contributed by atoms with Crippen molar-refractivity contribution in [2.45, 2.75) is 5.75 Å². The van der Waals surface area contributed by atoms with E-state index < -0.39 is 0 Å². The number of hydrogen-bond acceptors (Lipinski definition) is 5. The highest BCUT2D eigenvalue weighted by Crippen LogP contribution is 2.26. The van der Waals surface area contributed by atoms with Gasteiger partial charge in [0.25, 0.3) is 0 Å². The summed E-state index contributed by atoms with van der Waals surface area (Å²) >= 11 is 14.9. The van der Waals surface area contributed by atoms with Crippen LogP contribution in [0.4, 0.5) is 5.13 Å². The summed E-state index contributed by atoms with van der Waals surface area (Å²) in [5, 5.41) is 6.50. The summed E-state index contributed by atoms with van der Waals surface area (Å²) in [5.74, 6) is 0.866. The number of nitrogens with zero attached hydrogens (tertiary/aromatic N) is 2.